The number of halogens is 2. The molecule has 0 saturated heterocycles. The van der Waals surface area contributed by atoms with Crippen molar-refractivity contribution >= 4 is 38.5 Å². The standard InChI is InChI=1S/C23H20ClFN4O4S/c1-23(2,25)20(15-8-7-13-29(30)14-15)33-22-21(26-17-10-4-5-11-18(17)27-22)28-34(31,32)19-12-6-3-9-16(19)24/h3-14,20H,1-2H3,(H,26,28). The van der Waals surface area contributed by atoms with Crippen molar-refractivity contribution in [2.24, 2.45) is 0 Å². The maximum absolute atomic E-state index is 15.2. The van der Waals surface area contributed by atoms with Gasteiger partial charge in [0.15, 0.2) is 18.5 Å². The summed E-state index contributed by atoms with van der Waals surface area (Å²) in [6.07, 6.45) is 1.13. The van der Waals surface area contributed by atoms with Crippen molar-refractivity contribution in [3.05, 3.63) is 88.9 Å². The summed E-state index contributed by atoms with van der Waals surface area (Å²) >= 11 is 6.08. The molecule has 0 saturated carbocycles. The fourth-order valence-electron chi connectivity index (χ4n) is 3.32. The molecule has 1 unspecified atom stereocenters. The minimum Gasteiger partial charge on any atom is -0.619 e. The highest BCUT2D eigenvalue weighted by Crippen LogP contribution is 2.36. The second-order valence-corrected chi connectivity index (χ2v) is 10.0. The Morgan fingerprint density at radius 3 is 2.35 bits per heavy atom. The minimum absolute atomic E-state index is 0.0123. The Morgan fingerprint density at radius 1 is 1.06 bits per heavy atom. The lowest BCUT2D eigenvalue weighted by Crippen LogP contribution is -2.33. The van der Waals surface area contributed by atoms with Gasteiger partial charge in [-0.2, -0.15) is 4.73 Å². The first-order valence-corrected chi connectivity index (χ1v) is 12.0. The number of alkyl halides is 1. The van der Waals surface area contributed by atoms with Gasteiger partial charge in [0, 0.05) is 6.07 Å². The normalized spacial score (nSPS) is 12.9. The van der Waals surface area contributed by atoms with Gasteiger partial charge < -0.3 is 9.94 Å². The van der Waals surface area contributed by atoms with Crippen LogP contribution < -0.4 is 14.2 Å². The summed E-state index contributed by atoms with van der Waals surface area (Å²) < 4.78 is 50.1. The summed E-state index contributed by atoms with van der Waals surface area (Å²) in [5, 5.41) is 11.8. The second-order valence-electron chi connectivity index (χ2n) is 7.96. The molecule has 0 amide bonds. The molecule has 8 nitrogen and oxygen atoms in total. The number of pyridine rings is 1. The van der Waals surface area contributed by atoms with Gasteiger partial charge in [-0.1, -0.05) is 35.9 Å². The van der Waals surface area contributed by atoms with Gasteiger partial charge in [-0.3, -0.25) is 4.72 Å². The predicted octanol–water partition coefficient (Wildman–Crippen LogP) is 4.59. The number of fused-ring (bicyclic) bond motifs is 1. The van der Waals surface area contributed by atoms with Crippen molar-refractivity contribution < 1.29 is 22.3 Å². The molecule has 34 heavy (non-hydrogen) atoms. The van der Waals surface area contributed by atoms with Gasteiger partial charge in [0.2, 0.25) is 5.82 Å². The average Bonchev–Trinajstić information content (AvgIpc) is 2.76. The number of benzene rings is 2. The number of sulfonamides is 1. The molecule has 2 heterocycles. The van der Waals surface area contributed by atoms with E-state index in [0.717, 1.165) is 0 Å². The van der Waals surface area contributed by atoms with Crippen LogP contribution in [0, 0.1) is 5.21 Å². The summed E-state index contributed by atoms with van der Waals surface area (Å²) in [6.45, 7) is 2.56. The van der Waals surface area contributed by atoms with Crippen LogP contribution in [0.3, 0.4) is 0 Å². The average molecular weight is 503 g/mol. The molecular formula is C23H20ClFN4O4S. The maximum Gasteiger partial charge on any atom is 0.264 e. The molecule has 4 rings (SSSR count). The number of para-hydroxylation sites is 2. The molecule has 2 aromatic carbocycles. The lowest BCUT2D eigenvalue weighted by atomic mass is 9.97. The molecule has 1 atom stereocenters. The van der Waals surface area contributed by atoms with Gasteiger partial charge in [-0.25, -0.2) is 22.8 Å². The molecule has 1 N–H and O–H groups in total. The molecule has 11 heteroatoms. The minimum atomic E-state index is -4.19. The highest BCUT2D eigenvalue weighted by molar-refractivity contribution is 7.92. The second kappa shape index (κ2) is 9.03. The van der Waals surface area contributed by atoms with Gasteiger partial charge >= 0.3 is 0 Å². The van der Waals surface area contributed by atoms with Gasteiger partial charge in [0.25, 0.3) is 15.9 Å². The Bertz CT molecular complexity index is 1460. The molecule has 0 aliphatic rings. The molecule has 0 bridgehead atoms. The number of ether oxygens (including phenoxy) is 1. The molecule has 0 spiro atoms. The third-order valence-electron chi connectivity index (χ3n) is 4.85. The molecule has 0 fully saturated rings. The number of anilines is 1. The number of nitrogens with one attached hydrogen (secondary N) is 1. The van der Waals surface area contributed by atoms with Crippen LogP contribution in [-0.2, 0) is 10.0 Å². The fraction of sp³-hybridized carbons (Fsp3) is 0.174. The SMILES string of the molecule is CC(C)(F)C(Oc1nc2ccccc2nc1NS(=O)(=O)c1ccccc1Cl)c1ccc[n+]([O-])c1. The molecule has 0 aliphatic carbocycles. The van der Waals surface area contributed by atoms with Crippen molar-refractivity contribution in [1.29, 1.82) is 0 Å². The summed E-state index contributed by atoms with van der Waals surface area (Å²) in [7, 11) is -4.19. The quantitative estimate of drug-likeness (QED) is 0.292. The number of hydrogen-bond acceptors (Lipinski definition) is 6. The van der Waals surface area contributed by atoms with E-state index in [2.05, 4.69) is 14.7 Å². The molecule has 2 aromatic heterocycles. The Balaban J connectivity index is 1.83. The summed E-state index contributed by atoms with van der Waals surface area (Å²) in [5.74, 6) is -0.509. The van der Waals surface area contributed by atoms with Crippen LogP contribution in [0.5, 0.6) is 5.88 Å². The van der Waals surface area contributed by atoms with E-state index >= 15 is 4.39 Å². The van der Waals surface area contributed by atoms with Crippen LogP contribution in [0.15, 0.2) is 78.0 Å². The zero-order valence-electron chi connectivity index (χ0n) is 18.1. The summed E-state index contributed by atoms with van der Waals surface area (Å²) in [6, 6.07) is 15.6. The van der Waals surface area contributed by atoms with E-state index in [1.165, 1.54) is 56.6 Å². The van der Waals surface area contributed by atoms with Crippen LogP contribution in [0.2, 0.25) is 5.02 Å². The third-order valence-corrected chi connectivity index (χ3v) is 6.69. The topological polar surface area (TPSA) is 108 Å². The molecule has 176 valence electrons. The van der Waals surface area contributed by atoms with Crippen molar-refractivity contribution in [2.45, 2.75) is 30.5 Å². The van der Waals surface area contributed by atoms with Gasteiger partial charge in [0.05, 0.1) is 21.6 Å². The monoisotopic (exact) mass is 502 g/mol. The van der Waals surface area contributed by atoms with Crippen molar-refractivity contribution in [1.82, 2.24) is 9.97 Å². The number of rotatable bonds is 7. The van der Waals surface area contributed by atoms with E-state index in [1.807, 2.05) is 0 Å². The van der Waals surface area contributed by atoms with Gasteiger partial charge in [0.1, 0.15) is 10.6 Å². The Labute approximate surface area is 200 Å². The highest BCUT2D eigenvalue weighted by atomic mass is 35.5. The van der Waals surface area contributed by atoms with Crippen LogP contribution >= 0.6 is 11.6 Å². The Hall–Kier alpha value is -3.50. The molecule has 0 aliphatic heterocycles. The lowest BCUT2D eigenvalue weighted by molar-refractivity contribution is -0.606. The molecule has 0 radical (unpaired) electrons. The molecule has 4 aromatic rings. The lowest BCUT2D eigenvalue weighted by Gasteiger charge is -2.27. The highest BCUT2D eigenvalue weighted by Gasteiger charge is 2.36. The Kier molecular flexibility index (Phi) is 6.28. The van der Waals surface area contributed by atoms with E-state index in [1.54, 1.807) is 30.3 Å². The first kappa shape index (κ1) is 23.7. The summed E-state index contributed by atoms with van der Waals surface area (Å²) in [4.78, 5) is 8.56. The van der Waals surface area contributed by atoms with Gasteiger partial charge in [-0.15, -0.1) is 0 Å². The van der Waals surface area contributed by atoms with E-state index in [9.17, 15) is 13.6 Å². The third kappa shape index (κ3) is 5.02. The van der Waals surface area contributed by atoms with E-state index in [-0.39, 0.29) is 27.2 Å². The number of aromatic nitrogens is 3. The molecular weight excluding hydrogens is 483 g/mol. The van der Waals surface area contributed by atoms with E-state index < -0.39 is 21.8 Å². The maximum atomic E-state index is 15.2. The predicted molar refractivity (Wildman–Crippen MR) is 126 cm³/mol. The van der Waals surface area contributed by atoms with Gasteiger partial charge in [-0.05, 0) is 44.2 Å². The van der Waals surface area contributed by atoms with Crippen molar-refractivity contribution in [3.63, 3.8) is 0 Å². The van der Waals surface area contributed by atoms with E-state index in [4.69, 9.17) is 16.3 Å². The zero-order chi connectivity index (χ0) is 24.5. The number of nitrogens with zero attached hydrogens (tertiary/aromatic N) is 3. The van der Waals surface area contributed by atoms with Crippen LogP contribution in [0.1, 0.15) is 25.5 Å². The van der Waals surface area contributed by atoms with Crippen LogP contribution in [-0.4, -0.2) is 24.1 Å². The first-order chi connectivity index (χ1) is 16.0. The van der Waals surface area contributed by atoms with Crippen LogP contribution in [0.25, 0.3) is 11.0 Å². The summed E-state index contributed by atoms with van der Waals surface area (Å²) in [5.41, 5.74) is -0.944. The van der Waals surface area contributed by atoms with E-state index in [0.29, 0.717) is 15.8 Å². The Morgan fingerprint density at radius 2 is 1.71 bits per heavy atom. The zero-order valence-corrected chi connectivity index (χ0v) is 19.7. The first-order valence-electron chi connectivity index (χ1n) is 10.1. The number of hydrogen-bond donors (Lipinski definition) is 1. The van der Waals surface area contributed by atoms with Crippen molar-refractivity contribution in [3.8, 4) is 5.88 Å². The largest absolute Gasteiger partial charge is 0.619 e. The van der Waals surface area contributed by atoms with Crippen molar-refractivity contribution in [2.75, 3.05) is 4.72 Å². The van der Waals surface area contributed by atoms with Crippen LogP contribution in [0.4, 0.5) is 10.2 Å². The fourth-order valence-corrected chi connectivity index (χ4v) is 4.84. The smallest absolute Gasteiger partial charge is 0.264 e.